The minimum atomic E-state index is -1.81. The van der Waals surface area contributed by atoms with E-state index in [2.05, 4.69) is 115 Å². The molecule has 0 fully saturated rings. The Morgan fingerprint density at radius 1 is 0.727 bits per heavy atom. The minimum Gasteiger partial charge on any atom is -0.497 e. The number of ether oxygens (including phenoxy) is 1. The van der Waals surface area contributed by atoms with Gasteiger partial charge in [-0.1, -0.05) is 101 Å². The maximum absolute atomic E-state index is 5.95. The Morgan fingerprint density at radius 3 is 1.50 bits per heavy atom. The number of anilines is 2. The van der Waals surface area contributed by atoms with Crippen molar-refractivity contribution in [2.75, 3.05) is 45.1 Å². The van der Waals surface area contributed by atoms with Gasteiger partial charge in [-0.25, -0.2) is 11.6 Å². The fraction of sp³-hybridized carbons (Fsp3) is 0.359. The molecule has 0 radical (unpaired) electrons. The molecule has 44 heavy (non-hydrogen) atoms. The van der Waals surface area contributed by atoms with E-state index in [1.807, 2.05) is 71.7 Å². The van der Waals surface area contributed by atoms with Crippen LogP contribution in [0.5, 0.6) is 5.75 Å². The van der Waals surface area contributed by atoms with E-state index in [0.717, 1.165) is 16.9 Å². The number of rotatable bonds is 5. The smallest absolute Gasteiger partial charge is 0.497 e. The van der Waals surface area contributed by atoms with E-state index in [1.54, 1.807) is 0 Å². The van der Waals surface area contributed by atoms with Gasteiger partial charge < -0.3 is 14.5 Å². The molecule has 0 aliphatic heterocycles. The first kappa shape index (κ1) is 39.6. The van der Waals surface area contributed by atoms with Gasteiger partial charge in [-0.05, 0) is 51.3 Å². The van der Waals surface area contributed by atoms with Crippen LogP contribution in [0, 0.1) is 71.5 Å². The average molecular weight is 771 g/mol. The fourth-order valence-electron chi connectivity index (χ4n) is 5.53. The van der Waals surface area contributed by atoms with Crippen LogP contribution >= 0.6 is 0 Å². The number of para-hydroxylation sites is 2. The molecule has 3 nitrogen and oxygen atoms in total. The maximum Gasteiger partial charge on any atom is 3.00 e. The van der Waals surface area contributed by atoms with Gasteiger partial charge in [0.2, 0.25) is 0 Å². The van der Waals surface area contributed by atoms with Gasteiger partial charge >= 0.3 is 36.9 Å². The van der Waals surface area contributed by atoms with Crippen molar-refractivity contribution in [3.8, 4) is 5.75 Å². The van der Waals surface area contributed by atoms with Crippen molar-refractivity contribution in [3.63, 3.8) is 0 Å². The van der Waals surface area contributed by atoms with Crippen LogP contribution in [-0.4, -0.2) is 43.4 Å². The van der Waals surface area contributed by atoms with Crippen LogP contribution < -0.4 is 24.9 Å². The van der Waals surface area contributed by atoms with Crippen molar-refractivity contribution in [2.24, 2.45) is 0 Å². The molecule has 0 aliphatic rings. The third kappa shape index (κ3) is 10.3. The molecule has 0 atom stereocenters. The molecule has 4 aromatic rings. The monoisotopic (exact) mass is 770 g/mol. The summed E-state index contributed by atoms with van der Waals surface area (Å²) in [5, 5.41) is 2.94. The summed E-state index contributed by atoms with van der Waals surface area (Å²) in [5.74, 6) is 1.10. The molecular formula is C39H55LuN2OSi. The molecule has 4 rings (SSSR count). The first-order valence-electron chi connectivity index (χ1n) is 15.0. The third-order valence-electron chi connectivity index (χ3n) is 7.78. The molecule has 5 heteroatoms. The number of aryl methyl sites for hydroxylation is 3. The molecular weight excluding hydrogens is 715 g/mol. The van der Waals surface area contributed by atoms with Crippen LogP contribution in [0.1, 0.15) is 54.2 Å². The summed E-state index contributed by atoms with van der Waals surface area (Å²) >= 11 is 0. The maximum atomic E-state index is 5.95. The van der Waals surface area contributed by atoms with Crippen LogP contribution in [0.4, 0.5) is 11.4 Å². The SMILES string of the molecule is COc1c(C(C)(C)C)cc(C)cc1[Si](C)(C)[c-]1cc(C)cc1C.[CH2-]c1ccccc1N(C)C.[CH2-]c1ccccc1N(C)C.[Lu+3]. The van der Waals surface area contributed by atoms with Crippen LogP contribution in [0.15, 0.2) is 72.8 Å². The van der Waals surface area contributed by atoms with Crippen molar-refractivity contribution < 1.29 is 41.6 Å². The topological polar surface area (TPSA) is 15.7 Å². The molecule has 0 spiro atoms. The molecule has 0 unspecified atom stereocenters. The van der Waals surface area contributed by atoms with Crippen molar-refractivity contribution in [3.05, 3.63) is 120 Å². The number of hydrogen-bond acceptors (Lipinski definition) is 3. The summed E-state index contributed by atoms with van der Waals surface area (Å²) in [4.78, 5) is 4.12. The van der Waals surface area contributed by atoms with E-state index < -0.39 is 8.07 Å². The van der Waals surface area contributed by atoms with E-state index in [-0.39, 0.29) is 42.3 Å². The predicted octanol–water partition coefficient (Wildman–Crippen LogP) is 8.33. The Hall–Kier alpha value is -2.40. The predicted molar refractivity (Wildman–Crippen MR) is 195 cm³/mol. The summed E-state index contributed by atoms with van der Waals surface area (Å²) in [6.45, 7) is 26.1. The Kier molecular flexibility index (Phi) is 15.1. The van der Waals surface area contributed by atoms with Gasteiger partial charge in [0.1, 0.15) is 5.75 Å². The molecule has 4 aromatic carbocycles. The molecule has 0 N–H and O–H groups in total. The van der Waals surface area contributed by atoms with Crippen LogP contribution in [-0.2, 0) is 5.41 Å². The zero-order valence-electron chi connectivity index (χ0n) is 29.4. The summed E-state index contributed by atoms with van der Waals surface area (Å²) in [6.07, 6.45) is 0. The van der Waals surface area contributed by atoms with E-state index >= 15 is 0 Å². The average Bonchev–Trinajstić information content (AvgIpc) is 3.27. The fourth-order valence-corrected chi connectivity index (χ4v) is 8.86. The van der Waals surface area contributed by atoms with Crippen LogP contribution in [0.2, 0.25) is 13.1 Å². The van der Waals surface area contributed by atoms with Gasteiger partial charge in [0.15, 0.2) is 0 Å². The summed E-state index contributed by atoms with van der Waals surface area (Å²) in [5.41, 5.74) is 10.0. The molecule has 0 aliphatic carbocycles. The van der Waals surface area contributed by atoms with Crippen molar-refractivity contribution in [1.29, 1.82) is 0 Å². The standard InChI is InChI=1S/C21H31OSi.2C9H12N.Lu/c1-14-10-16(3)18(12-14)23(8,9)19-13-15(2)11-17(20(19)22-7)21(4,5)6;2*1-8-6-4-5-7-9(8)10(2)3;/h10-13H,1-9H3;2*4-7H,1H2,2-3H3;/q3*-1;+3. The normalized spacial score (nSPS) is 10.8. The van der Waals surface area contributed by atoms with Crippen LogP contribution in [0.25, 0.3) is 0 Å². The van der Waals surface area contributed by atoms with Gasteiger partial charge in [0.25, 0.3) is 0 Å². The van der Waals surface area contributed by atoms with Crippen molar-refractivity contribution in [2.45, 2.75) is 60.1 Å². The summed E-state index contributed by atoms with van der Waals surface area (Å²) in [6, 6.07) is 25.5. The van der Waals surface area contributed by atoms with E-state index in [9.17, 15) is 0 Å². The molecule has 0 saturated carbocycles. The van der Waals surface area contributed by atoms with Gasteiger partial charge in [-0.15, -0.1) is 12.1 Å². The van der Waals surface area contributed by atoms with Crippen molar-refractivity contribution in [1.82, 2.24) is 0 Å². The molecule has 0 heterocycles. The van der Waals surface area contributed by atoms with Gasteiger partial charge in [0.05, 0.1) is 15.2 Å². The Morgan fingerprint density at radius 2 is 1.18 bits per heavy atom. The zero-order valence-corrected chi connectivity index (χ0v) is 32.1. The number of nitrogens with zero attached hydrogens (tertiary/aromatic N) is 2. The largest absolute Gasteiger partial charge is 3.00 e. The Bertz CT molecular complexity index is 1430. The van der Waals surface area contributed by atoms with E-state index in [0.29, 0.717) is 0 Å². The Balaban J connectivity index is 0.000000381. The Labute approximate surface area is 300 Å². The quantitative estimate of drug-likeness (QED) is 0.150. The molecule has 0 saturated heterocycles. The first-order valence-corrected chi connectivity index (χ1v) is 18.0. The zero-order chi connectivity index (χ0) is 32.7. The third-order valence-corrected chi connectivity index (χ3v) is 11.4. The second kappa shape index (κ2) is 16.8. The molecule has 0 amide bonds. The van der Waals surface area contributed by atoms with Crippen LogP contribution in [0.3, 0.4) is 0 Å². The van der Waals surface area contributed by atoms with E-state index in [4.69, 9.17) is 4.74 Å². The van der Waals surface area contributed by atoms with E-state index in [1.165, 1.54) is 44.0 Å². The number of methoxy groups -OCH3 is 1. The second-order valence-electron chi connectivity index (χ2n) is 13.4. The summed E-state index contributed by atoms with van der Waals surface area (Å²) in [7, 11) is 8.08. The summed E-state index contributed by atoms with van der Waals surface area (Å²) < 4.78 is 5.95. The molecule has 246 valence electrons. The van der Waals surface area contributed by atoms with Gasteiger partial charge in [-0.2, -0.15) is 53.9 Å². The van der Waals surface area contributed by atoms with Gasteiger partial charge in [0, 0.05) is 0 Å². The minimum absolute atomic E-state index is 0. The second-order valence-corrected chi connectivity index (χ2v) is 17.8. The number of hydrogen-bond donors (Lipinski definition) is 0. The van der Waals surface area contributed by atoms with Crippen molar-refractivity contribution >= 4 is 29.8 Å². The number of benzene rings is 3. The van der Waals surface area contributed by atoms with Gasteiger partial charge in [-0.3, -0.25) is 0 Å². The molecule has 0 aromatic heterocycles. The molecule has 0 bridgehead atoms. The first-order chi connectivity index (χ1) is 19.9.